The summed E-state index contributed by atoms with van der Waals surface area (Å²) < 4.78 is 20.9. The molecule has 3 aromatic rings. The van der Waals surface area contributed by atoms with Gasteiger partial charge in [-0.05, 0) is 39.8 Å². The minimum Gasteiger partial charge on any atom is -0.350 e. The standard InChI is InChI=1S/C19H21FN4O2/c1-5-24-13(4)18(12(3)22-24)11(2)21-19(25)17-10-16(23-26-17)14-8-6-7-9-15(14)20/h6-11H,5H2,1-4H3,(H,21,25)/t11-/m0/s1. The van der Waals surface area contributed by atoms with Crippen molar-refractivity contribution in [3.05, 3.63) is 58.9 Å². The van der Waals surface area contributed by atoms with Gasteiger partial charge in [0.2, 0.25) is 5.76 Å². The van der Waals surface area contributed by atoms with Gasteiger partial charge in [0.05, 0.1) is 11.7 Å². The second-order valence-electron chi connectivity index (χ2n) is 6.15. The van der Waals surface area contributed by atoms with Crippen LogP contribution in [-0.2, 0) is 6.54 Å². The van der Waals surface area contributed by atoms with E-state index in [1.165, 1.54) is 12.1 Å². The number of benzene rings is 1. The van der Waals surface area contributed by atoms with Crippen LogP contribution in [-0.4, -0.2) is 20.8 Å². The molecule has 6 nitrogen and oxygen atoms in total. The van der Waals surface area contributed by atoms with Crippen molar-refractivity contribution in [1.29, 1.82) is 0 Å². The van der Waals surface area contributed by atoms with Crippen LogP contribution in [0.15, 0.2) is 34.9 Å². The Labute approximate surface area is 151 Å². The third-order valence-corrected chi connectivity index (χ3v) is 4.40. The maximum Gasteiger partial charge on any atom is 0.290 e. The molecule has 0 unspecified atom stereocenters. The van der Waals surface area contributed by atoms with E-state index in [0.717, 1.165) is 23.5 Å². The normalized spacial score (nSPS) is 12.2. The van der Waals surface area contributed by atoms with Crippen molar-refractivity contribution in [3.63, 3.8) is 0 Å². The maximum atomic E-state index is 13.9. The number of carbonyl (C=O) groups is 1. The summed E-state index contributed by atoms with van der Waals surface area (Å²) in [6, 6.07) is 7.41. The number of amides is 1. The zero-order valence-corrected chi connectivity index (χ0v) is 15.2. The van der Waals surface area contributed by atoms with Gasteiger partial charge in [-0.3, -0.25) is 9.48 Å². The first kappa shape index (κ1) is 17.8. The predicted octanol–water partition coefficient (Wildman–Crippen LogP) is 3.80. The lowest BCUT2D eigenvalue weighted by atomic mass is 10.1. The molecule has 3 rings (SSSR count). The predicted molar refractivity (Wildman–Crippen MR) is 95.2 cm³/mol. The molecule has 0 spiro atoms. The van der Waals surface area contributed by atoms with Crippen LogP contribution in [0, 0.1) is 19.7 Å². The summed E-state index contributed by atoms with van der Waals surface area (Å²) >= 11 is 0. The number of rotatable bonds is 5. The minimum absolute atomic E-state index is 0.0355. The van der Waals surface area contributed by atoms with Crippen molar-refractivity contribution in [2.45, 2.75) is 40.3 Å². The minimum atomic E-state index is -0.417. The third-order valence-electron chi connectivity index (χ3n) is 4.40. The monoisotopic (exact) mass is 356 g/mol. The molecule has 1 aromatic carbocycles. The first-order valence-corrected chi connectivity index (χ1v) is 8.48. The van der Waals surface area contributed by atoms with Crippen LogP contribution in [0.5, 0.6) is 0 Å². The smallest absolute Gasteiger partial charge is 0.290 e. The van der Waals surface area contributed by atoms with Crippen molar-refractivity contribution in [3.8, 4) is 11.3 Å². The highest BCUT2D eigenvalue weighted by molar-refractivity contribution is 5.92. The van der Waals surface area contributed by atoms with Gasteiger partial charge in [-0.15, -0.1) is 0 Å². The Morgan fingerprint density at radius 1 is 1.35 bits per heavy atom. The van der Waals surface area contributed by atoms with Crippen molar-refractivity contribution in [1.82, 2.24) is 20.3 Å². The van der Waals surface area contributed by atoms with Gasteiger partial charge in [-0.2, -0.15) is 5.10 Å². The largest absolute Gasteiger partial charge is 0.350 e. The molecule has 2 heterocycles. The van der Waals surface area contributed by atoms with E-state index >= 15 is 0 Å². The average molecular weight is 356 g/mol. The van der Waals surface area contributed by atoms with E-state index in [1.54, 1.807) is 18.2 Å². The lowest BCUT2D eigenvalue weighted by Crippen LogP contribution is -2.27. The van der Waals surface area contributed by atoms with E-state index in [1.807, 2.05) is 32.4 Å². The van der Waals surface area contributed by atoms with Crippen LogP contribution in [0.1, 0.15) is 47.4 Å². The summed E-state index contributed by atoms with van der Waals surface area (Å²) in [5.74, 6) is -0.789. The van der Waals surface area contributed by atoms with E-state index in [9.17, 15) is 9.18 Å². The molecule has 0 aliphatic carbocycles. The van der Waals surface area contributed by atoms with Crippen LogP contribution in [0.3, 0.4) is 0 Å². The summed E-state index contributed by atoms with van der Waals surface area (Å²) in [7, 11) is 0. The molecule has 7 heteroatoms. The molecule has 0 fully saturated rings. The van der Waals surface area contributed by atoms with Gasteiger partial charge in [0, 0.05) is 29.4 Å². The van der Waals surface area contributed by atoms with Crippen LogP contribution >= 0.6 is 0 Å². The molecule has 1 N–H and O–H groups in total. The van der Waals surface area contributed by atoms with E-state index in [4.69, 9.17) is 4.52 Å². The Balaban J connectivity index is 1.79. The molecule has 0 radical (unpaired) electrons. The number of carbonyl (C=O) groups excluding carboxylic acids is 1. The van der Waals surface area contributed by atoms with Gasteiger partial charge in [0.1, 0.15) is 11.5 Å². The molecular weight excluding hydrogens is 335 g/mol. The molecule has 0 saturated heterocycles. The average Bonchev–Trinajstić information content (AvgIpc) is 3.20. The number of nitrogens with one attached hydrogen (secondary N) is 1. The Bertz CT molecular complexity index is 945. The van der Waals surface area contributed by atoms with Crippen molar-refractivity contribution >= 4 is 5.91 Å². The molecular formula is C19H21FN4O2. The maximum absolute atomic E-state index is 13.9. The highest BCUT2D eigenvalue weighted by Crippen LogP contribution is 2.24. The van der Waals surface area contributed by atoms with Crippen LogP contribution in [0.4, 0.5) is 4.39 Å². The summed E-state index contributed by atoms with van der Waals surface area (Å²) in [6.45, 7) is 8.57. The lowest BCUT2D eigenvalue weighted by Gasteiger charge is -2.13. The van der Waals surface area contributed by atoms with Crippen LogP contribution < -0.4 is 5.32 Å². The third kappa shape index (κ3) is 3.24. The summed E-state index contributed by atoms with van der Waals surface area (Å²) in [6.07, 6.45) is 0. The van der Waals surface area contributed by atoms with Crippen molar-refractivity contribution in [2.75, 3.05) is 0 Å². The fourth-order valence-electron chi connectivity index (χ4n) is 3.16. The second-order valence-corrected chi connectivity index (χ2v) is 6.15. The highest BCUT2D eigenvalue weighted by Gasteiger charge is 2.22. The fraction of sp³-hybridized carbons (Fsp3) is 0.316. The molecule has 26 heavy (non-hydrogen) atoms. The van der Waals surface area contributed by atoms with Crippen LogP contribution in [0.25, 0.3) is 11.3 Å². The number of aryl methyl sites for hydroxylation is 2. The molecule has 0 aliphatic heterocycles. The molecule has 1 atom stereocenters. The highest BCUT2D eigenvalue weighted by atomic mass is 19.1. The van der Waals surface area contributed by atoms with E-state index in [2.05, 4.69) is 15.6 Å². The van der Waals surface area contributed by atoms with Gasteiger partial charge in [0.25, 0.3) is 5.91 Å². The summed E-state index contributed by atoms with van der Waals surface area (Å²) in [5.41, 5.74) is 3.45. The molecule has 0 saturated carbocycles. The van der Waals surface area contributed by atoms with E-state index < -0.39 is 11.7 Å². The first-order valence-electron chi connectivity index (χ1n) is 8.48. The summed E-state index contributed by atoms with van der Waals surface area (Å²) in [4.78, 5) is 12.5. The zero-order valence-electron chi connectivity index (χ0n) is 15.2. The number of hydrogen-bond acceptors (Lipinski definition) is 4. The van der Waals surface area contributed by atoms with Crippen molar-refractivity contribution < 1.29 is 13.7 Å². The SMILES string of the molecule is CCn1nc(C)c([C@H](C)NC(=O)c2cc(-c3ccccc3F)no2)c1C. The van der Waals surface area contributed by atoms with Gasteiger partial charge in [-0.1, -0.05) is 17.3 Å². The Kier molecular flexibility index (Phi) is 4.88. The number of nitrogens with zero attached hydrogens (tertiary/aromatic N) is 3. The van der Waals surface area contributed by atoms with Gasteiger partial charge < -0.3 is 9.84 Å². The fourth-order valence-corrected chi connectivity index (χ4v) is 3.16. The van der Waals surface area contributed by atoms with E-state index in [-0.39, 0.29) is 17.5 Å². The van der Waals surface area contributed by atoms with Crippen molar-refractivity contribution in [2.24, 2.45) is 0 Å². The second kappa shape index (κ2) is 7.11. The first-order chi connectivity index (χ1) is 12.4. The van der Waals surface area contributed by atoms with Gasteiger partial charge in [0.15, 0.2) is 0 Å². The Morgan fingerprint density at radius 3 is 2.73 bits per heavy atom. The Hall–Kier alpha value is -2.96. The molecule has 0 bridgehead atoms. The molecule has 0 aliphatic rings. The quantitative estimate of drug-likeness (QED) is 0.754. The number of hydrogen-bond donors (Lipinski definition) is 1. The Morgan fingerprint density at radius 2 is 2.08 bits per heavy atom. The van der Waals surface area contributed by atoms with Gasteiger partial charge in [-0.25, -0.2) is 4.39 Å². The number of aromatic nitrogens is 3. The lowest BCUT2D eigenvalue weighted by molar-refractivity contribution is 0.0902. The topological polar surface area (TPSA) is 73.0 Å². The van der Waals surface area contributed by atoms with E-state index in [0.29, 0.717) is 5.56 Å². The van der Waals surface area contributed by atoms with Gasteiger partial charge >= 0.3 is 0 Å². The van der Waals surface area contributed by atoms with Crippen LogP contribution in [0.2, 0.25) is 0 Å². The molecule has 1 amide bonds. The molecule has 2 aromatic heterocycles. The summed E-state index contributed by atoms with van der Waals surface area (Å²) in [5, 5.41) is 11.2. The molecule has 136 valence electrons. The zero-order chi connectivity index (χ0) is 18.8. The number of halogens is 1.